The zero-order chi connectivity index (χ0) is 34.2. The standard InChI is InChI=1S/C37H57N3O6/c1-8-11-17-29(41)25-16-13-15-24(19-25)26(20-31(43)38-21-23(4)5)36(46)40-22-27-32(37(27,6)7)33(40)35(45)39-28(14-10-3)34(44)30(42)18-12-9-2/h8-9,23-28,32-33H,1-2,10-22H2,3-7H3,(H,38,43)(H,39,45). The Balaban J connectivity index is 1.87. The smallest absolute Gasteiger partial charge is 0.243 e. The SMILES string of the molecule is C=CCCC(=O)C(=O)C(CCC)NC(=O)C1C2C(CN1C(=O)C(CC(=O)NCC(C)C)C1CCCC(C(=O)CCC=C)C1)C2(C)C. The molecule has 0 bridgehead atoms. The topological polar surface area (TPSA) is 130 Å². The molecule has 0 spiro atoms. The summed E-state index contributed by atoms with van der Waals surface area (Å²) in [6.45, 7) is 18.3. The van der Waals surface area contributed by atoms with E-state index in [1.54, 1.807) is 17.1 Å². The van der Waals surface area contributed by atoms with Crippen LogP contribution in [0.15, 0.2) is 25.3 Å². The second-order valence-corrected chi connectivity index (χ2v) is 14.8. The highest BCUT2D eigenvalue weighted by atomic mass is 16.2. The monoisotopic (exact) mass is 639 g/mol. The van der Waals surface area contributed by atoms with E-state index in [1.165, 1.54) is 0 Å². The number of nitrogens with zero attached hydrogens (tertiary/aromatic N) is 1. The van der Waals surface area contributed by atoms with Crippen molar-refractivity contribution < 1.29 is 28.8 Å². The summed E-state index contributed by atoms with van der Waals surface area (Å²) in [5.41, 5.74) is -0.152. The molecule has 7 unspecified atom stereocenters. The van der Waals surface area contributed by atoms with Crippen LogP contribution < -0.4 is 10.6 Å². The van der Waals surface area contributed by atoms with Crippen LogP contribution in [-0.4, -0.2) is 65.1 Å². The van der Waals surface area contributed by atoms with E-state index >= 15 is 0 Å². The fraction of sp³-hybridized carbons (Fsp3) is 0.730. The van der Waals surface area contributed by atoms with Crippen LogP contribution >= 0.6 is 0 Å². The Morgan fingerprint density at radius 2 is 1.67 bits per heavy atom. The molecule has 1 heterocycles. The molecule has 1 saturated heterocycles. The molecule has 0 aromatic heterocycles. The number of ketones is 3. The van der Waals surface area contributed by atoms with Crippen molar-refractivity contribution in [2.24, 2.45) is 40.9 Å². The Labute approximate surface area is 275 Å². The number of carbonyl (C=O) groups excluding carboxylic acids is 6. The van der Waals surface area contributed by atoms with Crippen LogP contribution in [0.25, 0.3) is 0 Å². The van der Waals surface area contributed by atoms with Gasteiger partial charge in [0.15, 0.2) is 0 Å². The van der Waals surface area contributed by atoms with E-state index in [4.69, 9.17) is 0 Å². The number of piperidine rings is 1. The number of Topliss-reactive ketones (excluding diaryl/α,β-unsaturated/α-hetero) is 3. The van der Waals surface area contributed by atoms with Crippen LogP contribution in [0.3, 0.4) is 0 Å². The lowest BCUT2D eigenvalue weighted by Crippen LogP contribution is -2.56. The highest BCUT2D eigenvalue weighted by Crippen LogP contribution is 2.65. The number of fused-ring (bicyclic) bond motifs is 1. The van der Waals surface area contributed by atoms with Crippen molar-refractivity contribution in [1.29, 1.82) is 0 Å². The van der Waals surface area contributed by atoms with Gasteiger partial charge in [0, 0.05) is 44.2 Å². The summed E-state index contributed by atoms with van der Waals surface area (Å²) in [6.07, 6.45) is 8.58. The van der Waals surface area contributed by atoms with Gasteiger partial charge in [0.2, 0.25) is 29.3 Å². The lowest BCUT2D eigenvalue weighted by Gasteiger charge is -2.38. The summed E-state index contributed by atoms with van der Waals surface area (Å²) < 4.78 is 0. The number of likely N-dealkylation sites (tertiary alicyclic amines) is 1. The van der Waals surface area contributed by atoms with E-state index in [-0.39, 0.29) is 65.4 Å². The first-order chi connectivity index (χ1) is 21.8. The lowest BCUT2D eigenvalue weighted by atomic mass is 9.71. The average molecular weight is 640 g/mol. The minimum Gasteiger partial charge on any atom is -0.356 e. The zero-order valence-electron chi connectivity index (χ0n) is 28.8. The minimum absolute atomic E-state index is 0.00209. The maximum atomic E-state index is 14.6. The molecular weight excluding hydrogens is 582 g/mol. The maximum Gasteiger partial charge on any atom is 0.243 e. The van der Waals surface area contributed by atoms with Crippen LogP contribution in [-0.2, 0) is 28.8 Å². The number of rotatable bonds is 19. The molecule has 3 amide bonds. The van der Waals surface area contributed by atoms with Gasteiger partial charge in [0.1, 0.15) is 11.8 Å². The molecule has 3 fully saturated rings. The van der Waals surface area contributed by atoms with E-state index in [0.717, 1.165) is 19.3 Å². The molecule has 2 saturated carbocycles. The summed E-state index contributed by atoms with van der Waals surface area (Å²) in [5.74, 6) is -2.51. The maximum absolute atomic E-state index is 14.6. The molecule has 3 aliphatic rings. The third kappa shape index (κ3) is 9.03. The molecule has 2 aliphatic carbocycles. The summed E-state index contributed by atoms with van der Waals surface area (Å²) in [5, 5.41) is 5.83. The number of hydrogen-bond acceptors (Lipinski definition) is 6. The van der Waals surface area contributed by atoms with Crippen molar-refractivity contribution in [3.8, 4) is 0 Å². The summed E-state index contributed by atoms with van der Waals surface area (Å²) in [4.78, 5) is 82.1. The van der Waals surface area contributed by atoms with Gasteiger partial charge >= 0.3 is 0 Å². The Bertz CT molecular complexity index is 1180. The first-order valence-corrected chi connectivity index (χ1v) is 17.5. The van der Waals surface area contributed by atoms with Gasteiger partial charge in [0.05, 0.1) is 6.04 Å². The molecule has 0 aromatic rings. The van der Waals surface area contributed by atoms with Gasteiger partial charge < -0.3 is 15.5 Å². The third-order valence-electron chi connectivity index (χ3n) is 10.6. The van der Waals surface area contributed by atoms with Crippen LogP contribution in [0.1, 0.15) is 105 Å². The van der Waals surface area contributed by atoms with Crippen molar-refractivity contribution in [2.75, 3.05) is 13.1 Å². The highest BCUT2D eigenvalue weighted by Gasteiger charge is 2.69. The molecule has 7 atom stereocenters. The second kappa shape index (κ2) is 16.6. The molecule has 9 heteroatoms. The number of hydrogen-bond donors (Lipinski definition) is 2. The molecule has 46 heavy (non-hydrogen) atoms. The zero-order valence-corrected chi connectivity index (χ0v) is 28.8. The molecule has 2 N–H and O–H groups in total. The normalized spacial score (nSPS) is 26.0. The number of amides is 3. The van der Waals surface area contributed by atoms with Crippen LogP contribution in [0, 0.1) is 40.9 Å². The first kappa shape index (κ1) is 37.4. The van der Waals surface area contributed by atoms with Crippen molar-refractivity contribution in [1.82, 2.24) is 15.5 Å². The van der Waals surface area contributed by atoms with Gasteiger partial charge in [-0.3, -0.25) is 28.8 Å². The van der Waals surface area contributed by atoms with E-state index in [9.17, 15) is 28.8 Å². The molecular formula is C37H57N3O6. The highest BCUT2D eigenvalue weighted by molar-refractivity contribution is 6.39. The number of carbonyl (C=O) groups is 6. The van der Waals surface area contributed by atoms with Gasteiger partial charge in [-0.1, -0.05) is 59.6 Å². The van der Waals surface area contributed by atoms with Crippen LogP contribution in [0.4, 0.5) is 0 Å². The van der Waals surface area contributed by atoms with E-state index in [2.05, 4.69) is 37.6 Å². The summed E-state index contributed by atoms with van der Waals surface area (Å²) in [6, 6.07) is -1.75. The molecule has 0 radical (unpaired) electrons. The van der Waals surface area contributed by atoms with E-state index < -0.39 is 35.5 Å². The fourth-order valence-corrected chi connectivity index (χ4v) is 7.77. The third-order valence-corrected chi connectivity index (χ3v) is 10.6. The summed E-state index contributed by atoms with van der Waals surface area (Å²) >= 11 is 0. The lowest BCUT2D eigenvalue weighted by molar-refractivity contribution is -0.148. The van der Waals surface area contributed by atoms with Gasteiger partial charge in [-0.2, -0.15) is 0 Å². The van der Waals surface area contributed by atoms with E-state index in [0.29, 0.717) is 51.6 Å². The first-order valence-electron chi connectivity index (χ1n) is 17.5. The predicted octanol–water partition coefficient (Wildman–Crippen LogP) is 4.98. The predicted molar refractivity (Wildman–Crippen MR) is 178 cm³/mol. The Kier molecular flexibility index (Phi) is 13.5. The molecule has 3 rings (SSSR count). The van der Waals surface area contributed by atoms with Crippen LogP contribution in [0.5, 0.6) is 0 Å². The molecule has 9 nitrogen and oxygen atoms in total. The van der Waals surface area contributed by atoms with Crippen molar-refractivity contribution in [3.05, 3.63) is 25.3 Å². The van der Waals surface area contributed by atoms with Gasteiger partial charge in [0.25, 0.3) is 0 Å². The Morgan fingerprint density at radius 1 is 1.00 bits per heavy atom. The Hall–Kier alpha value is -3.10. The molecule has 1 aliphatic heterocycles. The Morgan fingerprint density at radius 3 is 2.30 bits per heavy atom. The van der Waals surface area contributed by atoms with Crippen LogP contribution in [0.2, 0.25) is 0 Å². The van der Waals surface area contributed by atoms with Crippen molar-refractivity contribution >= 4 is 35.1 Å². The molecule has 256 valence electrons. The van der Waals surface area contributed by atoms with Gasteiger partial charge in [-0.05, 0) is 67.6 Å². The van der Waals surface area contributed by atoms with Gasteiger partial charge in [-0.15, -0.1) is 13.2 Å². The second-order valence-electron chi connectivity index (χ2n) is 14.8. The fourth-order valence-electron chi connectivity index (χ4n) is 7.77. The minimum atomic E-state index is -0.953. The summed E-state index contributed by atoms with van der Waals surface area (Å²) in [7, 11) is 0. The van der Waals surface area contributed by atoms with Gasteiger partial charge in [-0.25, -0.2) is 0 Å². The quantitative estimate of drug-likeness (QED) is 0.152. The van der Waals surface area contributed by atoms with E-state index in [1.807, 2.05) is 20.8 Å². The number of nitrogens with one attached hydrogen (secondary N) is 2. The number of allylic oxidation sites excluding steroid dienone is 2. The van der Waals surface area contributed by atoms with Crippen molar-refractivity contribution in [3.63, 3.8) is 0 Å². The largest absolute Gasteiger partial charge is 0.356 e. The average Bonchev–Trinajstić information content (AvgIpc) is 3.34. The molecule has 0 aromatic carbocycles. The van der Waals surface area contributed by atoms with Crippen molar-refractivity contribution in [2.45, 2.75) is 117 Å².